The standard InChI is InChI=1S/C24H44O/c1-3-5-6-7-8-9-11-22-12-14-23(15-13-22)20-25-24-18-16-21(10-4-2)17-19-24/h16,18,21-24H,3-15,17,19-20H2,1-2H3. The number of hydrogen-bond donors (Lipinski definition) is 0. The first kappa shape index (κ1) is 21.0. The van der Waals surface area contributed by atoms with Gasteiger partial charge in [-0.3, -0.25) is 0 Å². The molecule has 1 fully saturated rings. The molecule has 0 saturated heterocycles. The van der Waals surface area contributed by atoms with Crippen molar-refractivity contribution in [1.82, 2.24) is 0 Å². The quantitative estimate of drug-likeness (QED) is 0.259. The first-order valence-electron chi connectivity index (χ1n) is 11.6. The highest BCUT2D eigenvalue weighted by Gasteiger charge is 2.22. The Morgan fingerprint density at radius 1 is 0.680 bits per heavy atom. The minimum atomic E-state index is 0.411. The zero-order valence-electron chi connectivity index (χ0n) is 17.2. The van der Waals surface area contributed by atoms with Crippen molar-refractivity contribution in [2.75, 3.05) is 6.61 Å². The smallest absolute Gasteiger partial charge is 0.0756 e. The van der Waals surface area contributed by atoms with E-state index in [0.29, 0.717) is 6.10 Å². The van der Waals surface area contributed by atoms with Crippen LogP contribution in [0.2, 0.25) is 0 Å². The Hall–Kier alpha value is -0.300. The summed E-state index contributed by atoms with van der Waals surface area (Å²) < 4.78 is 6.23. The summed E-state index contributed by atoms with van der Waals surface area (Å²) in [6.45, 7) is 5.60. The third kappa shape index (κ3) is 8.76. The van der Waals surface area contributed by atoms with Gasteiger partial charge in [-0.25, -0.2) is 0 Å². The van der Waals surface area contributed by atoms with Crippen molar-refractivity contribution in [3.8, 4) is 0 Å². The Kier molecular flexibility index (Phi) is 10.9. The summed E-state index contributed by atoms with van der Waals surface area (Å²) in [6.07, 6.45) is 26.3. The summed E-state index contributed by atoms with van der Waals surface area (Å²) in [4.78, 5) is 0. The fraction of sp³-hybridized carbons (Fsp3) is 0.917. The lowest BCUT2D eigenvalue weighted by atomic mass is 9.80. The Balaban J connectivity index is 1.49. The summed E-state index contributed by atoms with van der Waals surface area (Å²) in [5.74, 6) is 2.68. The van der Waals surface area contributed by atoms with Gasteiger partial charge in [-0.15, -0.1) is 0 Å². The molecule has 0 radical (unpaired) electrons. The van der Waals surface area contributed by atoms with Gasteiger partial charge < -0.3 is 4.74 Å². The summed E-state index contributed by atoms with van der Waals surface area (Å²) in [5.41, 5.74) is 0. The number of ether oxygens (including phenoxy) is 1. The van der Waals surface area contributed by atoms with E-state index in [1.165, 1.54) is 96.3 Å². The lowest BCUT2D eigenvalue weighted by Crippen LogP contribution is -2.23. The van der Waals surface area contributed by atoms with Gasteiger partial charge in [0, 0.05) is 0 Å². The third-order valence-corrected chi connectivity index (χ3v) is 6.56. The fourth-order valence-electron chi connectivity index (χ4n) is 4.76. The minimum absolute atomic E-state index is 0.411. The van der Waals surface area contributed by atoms with Crippen molar-refractivity contribution in [3.63, 3.8) is 0 Å². The second kappa shape index (κ2) is 13.0. The van der Waals surface area contributed by atoms with Crippen LogP contribution < -0.4 is 0 Å². The Labute approximate surface area is 158 Å². The molecule has 0 aliphatic heterocycles. The molecule has 2 aliphatic rings. The number of unbranched alkanes of at least 4 members (excludes halogenated alkanes) is 5. The molecule has 2 unspecified atom stereocenters. The molecule has 146 valence electrons. The molecule has 0 N–H and O–H groups in total. The summed E-state index contributed by atoms with van der Waals surface area (Å²) in [7, 11) is 0. The molecule has 0 heterocycles. The molecule has 0 bridgehead atoms. The summed E-state index contributed by atoms with van der Waals surface area (Å²) in [6, 6.07) is 0. The van der Waals surface area contributed by atoms with Gasteiger partial charge in [-0.2, -0.15) is 0 Å². The molecule has 0 aromatic rings. The van der Waals surface area contributed by atoms with Crippen LogP contribution in [0.15, 0.2) is 12.2 Å². The highest BCUT2D eigenvalue weighted by molar-refractivity contribution is 4.99. The van der Waals surface area contributed by atoms with Crippen LogP contribution in [0.4, 0.5) is 0 Å². The molecule has 1 saturated carbocycles. The van der Waals surface area contributed by atoms with E-state index in [2.05, 4.69) is 26.0 Å². The van der Waals surface area contributed by atoms with E-state index in [1.54, 1.807) is 0 Å². The predicted octanol–water partition coefficient (Wildman–Crippen LogP) is 7.69. The van der Waals surface area contributed by atoms with E-state index in [9.17, 15) is 0 Å². The molecule has 0 aromatic heterocycles. The molecule has 2 rings (SSSR count). The molecule has 2 aliphatic carbocycles. The molecule has 1 nitrogen and oxygen atoms in total. The average Bonchev–Trinajstić information content (AvgIpc) is 2.65. The van der Waals surface area contributed by atoms with Crippen LogP contribution in [0.3, 0.4) is 0 Å². The largest absolute Gasteiger partial charge is 0.374 e. The Bertz CT molecular complexity index is 340. The Morgan fingerprint density at radius 3 is 2.08 bits per heavy atom. The first-order chi connectivity index (χ1) is 12.3. The SMILES string of the molecule is CCCCCCCCC1CCC(COC2C=CC(CCC)CC2)CC1. The molecule has 2 atom stereocenters. The number of rotatable bonds is 12. The second-order valence-corrected chi connectivity index (χ2v) is 8.83. The van der Waals surface area contributed by atoms with Gasteiger partial charge in [-0.1, -0.05) is 90.2 Å². The van der Waals surface area contributed by atoms with Gasteiger partial charge in [0.1, 0.15) is 0 Å². The molecular weight excluding hydrogens is 304 g/mol. The molecular formula is C24H44O. The zero-order valence-corrected chi connectivity index (χ0v) is 17.2. The molecule has 0 aromatic carbocycles. The third-order valence-electron chi connectivity index (χ3n) is 6.56. The van der Waals surface area contributed by atoms with Crippen molar-refractivity contribution in [3.05, 3.63) is 12.2 Å². The Morgan fingerprint density at radius 2 is 1.40 bits per heavy atom. The summed E-state index contributed by atoms with van der Waals surface area (Å²) >= 11 is 0. The maximum absolute atomic E-state index is 6.23. The highest BCUT2D eigenvalue weighted by Crippen LogP contribution is 2.33. The van der Waals surface area contributed by atoms with Crippen molar-refractivity contribution in [1.29, 1.82) is 0 Å². The fourth-order valence-corrected chi connectivity index (χ4v) is 4.76. The van der Waals surface area contributed by atoms with Gasteiger partial charge in [0.2, 0.25) is 0 Å². The van der Waals surface area contributed by atoms with Crippen LogP contribution >= 0.6 is 0 Å². The zero-order chi connectivity index (χ0) is 17.7. The van der Waals surface area contributed by atoms with Gasteiger partial charge in [0.15, 0.2) is 0 Å². The van der Waals surface area contributed by atoms with Crippen molar-refractivity contribution in [2.45, 2.75) is 116 Å². The van der Waals surface area contributed by atoms with Crippen LogP contribution in [-0.2, 0) is 4.74 Å². The van der Waals surface area contributed by atoms with E-state index < -0.39 is 0 Å². The minimum Gasteiger partial charge on any atom is -0.374 e. The van der Waals surface area contributed by atoms with Gasteiger partial charge in [0.05, 0.1) is 12.7 Å². The van der Waals surface area contributed by atoms with Gasteiger partial charge in [0.25, 0.3) is 0 Å². The van der Waals surface area contributed by atoms with E-state index in [4.69, 9.17) is 4.74 Å². The van der Waals surface area contributed by atoms with E-state index in [1.807, 2.05) is 0 Å². The maximum Gasteiger partial charge on any atom is 0.0756 e. The van der Waals surface area contributed by atoms with E-state index in [0.717, 1.165) is 24.4 Å². The van der Waals surface area contributed by atoms with Gasteiger partial charge >= 0.3 is 0 Å². The topological polar surface area (TPSA) is 9.23 Å². The molecule has 25 heavy (non-hydrogen) atoms. The lowest BCUT2D eigenvalue weighted by molar-refractivity contribution is 0.0313. The van der Waals surface area contributed by atoms with Crippen molar-refractivity contribution >= 4 is 0 Å². The van der Waals surface area contributed by atoms with Crippen molar-refractivity contribution in [2.24, 2.45) is 17.8 Å². The normalized spacial score (nSPS) is 29.8. The summed E-state index contributed by atoms with van der Waals surface area (Å²) in [5, 5.41) is 0. The second-order valence-electron chi connectivity index (χ2n) is 8.83. The van der Waals surface area contributed by atoms with Crippen LogP contribution in [0.5, 0.6) is 0 Å². The molecule has 1 heteroatoms. The van der Waals surface area contributed by atoms with Gasteiger partial charge in [-0.05, 0) is 49.9 Å². The highest BCUT2D eigenvalue weighted by atomic mass is 16.5. The van der Waals surface area contributed by atoms with E-state index in [-0.39, 0.29) is 0 Å². The lowest BCUT2D eigenvalue weighted by Gasteiger charge is -2.30. The number of allylic oxidation sites excluding steroid dienone is 1. The average molecular weight is 349 g/mol. The van der Waals surface area contributed by atoms with Crippen LogP contribution in [0.1, 0.15) is 110 Å². The molecule has 0 spiro atoms. The van der Waals surface area contributed by atoms with E-state index >= 15 is 0 Å². The number of hydrogen-bond acceptors (Lipinski definition) is 1. The maximum atomic E-state index is 6.23. The monoisotopic (exact) mass is 348 g/mol. The van der Waals surface area contributed by atoms with Crippen molar-refractivity contribution < 1.29 is 4.74 Å². The first-order valence-corrected chi connectivity index (χ1v) is 11.6. The predicted molar refractivity (Wildman–Crippen MR) is 110 cm³/mol. The van der Waals surface area contributed by atoms with Crippen LogP contribution in [-0.4, -0.2) is 12.7 Å². The molecule has 0 amide bonds. The van der Waals surface area contributed by atoms with Crippen LogP contribution in [0, 0.1) is 17.8 Å². The van der Waals surface area contributed by atoms with Crippen LogP contribution in [0.25, 0.3) is 0 Å².